The highest BCUT2D eigenvalue weighted by atomic mass is 16.4. The van der Waals surface area contributed by atoms with Gasteiger partial charge >= 0.3 is 6.01 Å². The Labute approximate surface area is 140 Å². The first-order valence-electron chi connectivity index (χ1n) is 7.57. The summed E-state index contributed by atoms with van der Waals surface area (Å²) in [6.07, 6.45) is 3.15. The second-order valence-corrected chi connectivity index (χ2v) is 5.46. The molecule has 0 unspecified atom stereocenters. The van der Waals surface area contributed by atoms with Gasteiger partial charge < -0.3 is 4.42 Å². The average Bonchev–Trinajstić information content (AvgIpc) is 3.02. The van der Waals surface area contributed by atoms with Gasteiger partial charge in [-0.1, -0.05) is 53.1 Å². The maximum atomic E-state index is 11.9. The van der Waals surface area contributed by atoms with Crippen LogP contribution in [0, 0.1) is 13.8 Å². The van der Waals surface area contributed by atoms with Gasteiger partial charge in [0.25, 0.3) is 5.91 Å². The number of hydrogen-bond acceptors (Lipinski definition) is 4. The lowest BCUT2D eigenvalue weighted by Gasteiger charge is -2.01. The summed E-state index contributed by atoms with van der Waals surface area (Å²) in [7, 11) is 0. The van der Waals surface area contributed by atoms with Crippen molar-refractivity contribution in [3.8, 4) is 11.5 Å². The van der Waals surface area contributed by atoms with Crippen molar-refractivity contribution in [2.24, 2.45) is 0 Å². The van der Waals surface area contributed by atoms with Gasteiger partial charge in [-0.25, -0.2) is 0 Å². The van der Waals surface area contributed by atoms with Crippen molar-refractivity contribution in [1.29, 1.82) is 0 Å². The molecule has 0 saturated heterocycles. The molecule has 3 aromatic rings. The van der Waals surface area contributed by atoms with Crippen LogP contribution < -0.4 is 5.32 Å². The Hall–Kier alpha value is -3.21. The van der Waals surface area contributed by atoms with Crippen LogP contribution >= 0.6 is 0 Å². The van der Waals surface area contributed by atoms with Crippen molar-refractivity contribution in [3.05, 3.63) is 71.3 Å². The summed E-state index contributed by atoms with van der Waals surface area (Å²) in [5.41, 5.74) is 4.00. The van der Waals surface area contributed by atoms with Gasteiger partial charge in [-0.05, 0) is 37.1 Å². The largest absolute Gasteiger partial charge is 0.403 e. The van der Waals surface area contributed by atoms with Gasteiger partial charge in [0.05, 0.1) is 0 Å². The van der Waals surface area contributed by atoms with Gasteiger partial charge in [-0.3, -0.25) is 10.1 Å². The Kier molecular flexibility index (Phi) is 4.52. The van der Waals surface area contributed by atoms with Crippen LogP contribution in [0.5, 0.6) is 0 Å². The van der Waals surface area contributed by atoms with Crippen molar-refractivity contribution in [2.75, 3.05) is 5.32 Å². The Morgan fingerprint density at radius 3 is 2.62 bits per heavy atom. The zero-order chi connectivity index (χ0) is 16.9. The van der Waals surface area contributed by atoms with Crippen molar-refractivity contribution in [2.45, 2.75) is 13.8 Å². The molecule has 1 heterocycles. The summed E-state index contributed by atoms with van der Waals surface area (Å²) >= 11 is 0. The molecule has 2 aromatic carbocycles. The van der Waals surface area contributed by atoms with E-state index >= 15 is 0 Å². The number of carbonyl (C=O) groups is 1. The number of aryl methyl sites for hydroxylation is 2. The van der Waals surface area contributed by atoms with Crippen molar-refractivity contribution < 1.29 is 9.21 Å². The summed E-state index contributed by atoms with van der Waals surface area (Å²) in [5, 5.41) is 10.4. The van der Waals surface area contributed by atoms with E-state index in [-0.39, 0.29) is 11.9 Å². The van der Waals surface area contributed by atoms with E-state index < -0.39 is 0 Å². The zero-order valence-corrected chi connectivity index (χ0v) is 13.5. The van der Waals surface area contributed by atoms with Gasteiger partial charge in [0, 0.05) is 11.6 Å². The average molecular weight is 319 g/mol. The first-order chi connectivity index (χ1) is 11.6. The minimum absolute atomic E-state index is 0.0766. The van der Waals surface area contributed by atoms with Gasteiger partial charge in [0.1, 0.15) is 0 Å². The molecule has 0 aliphatic heterocycles. The van der Waals surface area contributed by atoms with Crippen molar-refractivity contribution >= 4 is 18.0 Å². The number of rotatable bonds is 4. The second kappa shape index (κ2) is 6.91. The van der Waals surface area contributed by atoms with Crippen molar-refractivity contribution in [1.82, 2.24) is 10.2 Å². The predicted molar refractivity (Wildman–Crippen MR) is 93.3 cm³/mol. The minimum Gasteiger partial charge on any atom is -0.403 e. The zero-order valence-electron chi connectivity index (χ0n) is 13.5. The summed E-state index contributed by atoms with van der Waals surface area (Å²) < 4.78 is 5.53. The Morgan fingerprint density at radius 2 is 1.88 bits per heavy atom. The highest BCUT2D eigenvalue weighted by Crippen LogP contribution is 2.24. The molecule has 24 heavy (non-hydrogen) atoms. The fraction of sp³-hybridized carbons (Fsp3) is 0.105. The molecule has 1 amide bonds. The molecule has 0 spiro atoms. The van der Waals surface area contributed by atoms with E-state index in [1.165, 1.54) is 6.08 Å². The maximum absolute atomic E-state index is 11.9. The van der Waals surface area contributed by atoms with Crippen LogP contribution in [0.15, 0.2) is 59.0 Å². The molecule has 120 valence electrons. The molecule has 0 fully saturated rings. The van der Waals surface area contributed by atoms with Crippen LogP contribution in [0.4, 0.5) is 6.01 Å². The predicted octanol–water partition coefficient (Wildman–Crippen LogP) is 4.01. The molecule has 0 aliphatic rings. The summed E-state index contributed by atoms with van der Waals surface area (Å²) in [5.74, 6) is 0.0597. The monoisotopic (exact) mass is 319 g/mol. The molecule has 1 aromatic heterocycles. The lowest BCUT2D eigenvalue weighted by atomic mass is 10.1. The summed E-state index contributed by atoms with van der Waals surface area (Å²) in [6.45, 7) is 4.00. The molecule has 0 atom stereocenters. The van der Waals surface area contributed by atoms with Crippen LogP contribution in [-0.2, 0) is 4.79 Å². The molecule has 1 N–H and O–H groups in total. The van der Waals surface area contributed by atoms with E-state index in [0.29, 0.717) is 5.89 Å². The van der Waals surface area contributed by atoms with E-state index in [1.807, 2.05) is 62.4 Å². The van der Waals surface area contributed by atoms with Gasteiger partial charge in [0.2, 0.25) is 5.89 Å². The number of amides is 1. The van der Waals surface area contributed by atoms with Crippen LogP contribution in [0.2, 0.25) is 0 Å². The molecule has 3 rings (SSSR count). The lowest BCUT2D eigenvalue weighted by Crippen LogP contribution is -2.07. The number of hydrogen-bond donors (Lipinski definition) is 1. The highest BCUT2D eigenvalue weighted by molar-refractivity contribution is 6.00. The quantitative estimate of drug-likeness (QED) is 0.738. The first kappa shape index (κ1) is 15.7. The Bertz CT molecular complexity index is 883. The number of carbonyl (C=O) groups excluding carboxylic acids is 1. The van der Waals surface area contributed by atoms with Crippen LogP contribution in [-0.4, -0.2) is 16.1 Å². The number of nitrogens with zero attached hydrogens (tertiary/aromatic N) is 2. The van der Waals surface area contributed by atoms with Gasteiger partial charge in [-0.15, -0.1) is 5.10 Å². The summed E-state index contributed by atoms with van der Waals surface area (Å²) in [6, 6.07) is 15.6. The first-order valence-corrected chi connectivity index (χ1v) is 7.57. The Morgan fingerprint density at radius 1 is 1.08 bits per heavy atom. The molecule has 0 aliphatic carbocycles. The molecule has 0 saturated carbocycles. The van der Waals surface area contributed by atoms with Gasteiger partial charge in [0.15, 0.2) is 0 Å². The van der Waals surface area contributed by atoms with E-state index in [2.05, 4.69) is 15.5 Å². The molecule has 0 bridgehead atoms. The third-order valence-corrected chi connectivity index (χ3v) is 3.49. The maximum Gasteiger partial charge on any atom is 0.322 e. The van der Waals surface area contributed by atoms with E-state index in [0.717, 1.165) is 22.3 Å². The fourth-order valence-electron chi connectivity index (χ4n) is 2.32. The molecular formula is C19H17N3O2. The minimum atomic E-state index is -0.324. The third kappa shape index (κ3) is 3.76. The topological polar surface area (TPSA) is 68.0 Å². The number of benzene rings is 2. The highest BCUT2D eigenvalue weighted by Gasteiger charge is 2.12. The van der Waals surface area contributed by atoms with E-state index in [1.54, 1.807) is 6.08 Å². The normalized spacial score (nSPS) is 10.9. The number of aromatic nitrogens is 2. The number of nitrogens with one attached hydrogen (secondary N) is 1. The molecule has 5 heteroatoms. The molecule has 5 nitrogen and oxygen atoms in total. The third-order valence-electron chi connectivity index (χ3n) is 3.49. The van der Waals surface area contributed by atoms with E-state index in [4.69, 9.17) is 4.42 Å². The smallest absolute Gasteiger partial charge is 0.322 e. The lowest BCUT2D eigenvalue weighted by molar-refractivity contribution is -0.112. The second-order valence-electron chi connectivity index (χ2n) is 5.46. The Balaban J connectivity index is 1.70. The number of anilines is 1. The fourth-order valence-corrected chi connectivity index (χ4v) is 2.32. The van der Waals surface area contributed by atoms with Crippen LogP contribution in [0.1, 0.15) is 16.7 Å². The van der Waals surface area contributed by atoms with Crippen molar-refractivity contribution in [3.63, 3.8) is 0 Å². The van der Waals surface area contributed by atoms with Crippen LogP contribution in [0.3, 0.4) is 0 Å². The van der Waals surface area contributed by atoms with E-state index in [9.17, 15) is 4.79 Å². The van der Waals surface area contributed by atoms with Gasteiger partial charge in [-0.2, -0.15) is 0 Å². The molecular weight excluding hydrogens is 302 g/mol. The molecule has 0 radical (unpaired) electrons. The van der Waals surface area contributed by atoms with Crippen LogP contribution in [0.25, 0.3) is 17.5 Å². The summed E-state index contributed by atoms with van der Waals surface area (Å²) in [4.78, 5) is 11.9. The standard InChI is InChI=1S/C19H17N3O2/c1-13-8-10-16(14(2)12-13)18-21-22-19(24-18)20-17(23)11-9-15-6-4-3-5-7-15/h3-12H,1-2H3,(H,20,22,23)/b11-9+. The SMILES string of the molecule is Cc1ccc(-c2nnc(NC(=O)/C=C/c3ccccc3)o2)c(C)c1.